The van der Waals surface area contributed by atoms with Crippen LogP contribution in [-0.2, 0) is 6.54 Å². The monoisotopic (exact) mass is 514 g/mol. The van der Waals surface area contributed by atoms with Gasteiger partial charge in [-0.15, -0.1) is 0 Å². The predicted octanol–water partition coefficient (Wildman–Crippen LogP) is 5.63. The number of aryl methyl sites for hydroxylation is 2. The topological polar surface area (TPSA) is 99.3 Å². The van der Waals surface area contributed by atoms with Gasteiger partial charge in [-0.3, -0.25) is 14.6 Å². The molecule has 0 atom stereocenters. The SMILES string of the molecule is COc1cc2c(cc1-c1c(C)noc1C)cc(C(=O)Nc1ccc(Cl)cc1)c(=O)n2Cc1ccccn1. The molecule has 37 heavy (non-hydrogen) atoms. The molecule has 0 saturated heterocycles. The Balaban J connectivity index is 1.72. The molecule has 9 heteroatoms. The Hall–Kier alpha value is -4.43. The molecule has 3 aromatic heterocycles. The fourth-order valence-electron chi connectivity index (χ4n) is 4.34. The average molecular weight is 515 g/mol. The second kappa shape index (κ2) is 9.91. The van der Waals surface area contributed by atoms with Crippen LogP contribution in [-0.4, -0.2) is 27.7 Å². The number of benzene rings is 2. The molecule has 0 radical (unpaired) electrons. The number of rotatable bonds is 6. The first kappa shape index (κ1) is 24.3. The van der Waals surface area contributed by atoms with Crippen molar-refractivity contribution < 1.29 is 14.1 Å². The van der Waals surface area contributed by atoms with Crippen LogP contribution in [0, 0.1) is 13.8 Å². The van der Waals surface area contributed by atoms with E-state index in [1.54, 1.807) is 55.8 Å². The summed E-state index contributed by atoms with van der Waals surface area (Å²) in [5.41, 5.74) is 3.60. The number of hydrogen-bond donors (Lipinski definition) is 1. The number of carbonyl (C=O) groups is 1. The molecule has 5 aromatic rings. The number of hydrogen-bond acceptors (Lipinski definition) is 6. The van der Waals surface area contributed by atoms with Crippen LogP contribution in [0.15, 0.2) is 76.2 Å². The van der Waals surface area contributed by atoms with Crippen molar-refractivity contribution in [2.75, 3.05) is 12.4 Å². The maximum atomic E-state index is 13.7. The number of ether oxygens (including phenoxy) is 1. The van der Waals surface area contributed by atoms with Gasteiger partial charge < -0.3 is 19.1 Å². The molecule has 5 rings (SSSR count). The predicted molar refractivity (Wildman–Crippen MR) is 142 cm³/mol. The summed E-state index contributed by atoms with van der Waals surface area (Å²) in [6.45, 7) is 3.85. The Morgan fingerprint density at radius 2 is 1.89 bits per heavy atom. The van der Waals surface area contributed by atoms with Crippen LogP contribution >= 0.6 is 11.6 Å². The van der Waals surface area contributed by atoms with Gasteiger partial charge in [0.25, 0.3) is 11.5 Å². The Labute approximate surface area is 217 Å². The zero-order valence-electron chi connectivity index (χ0n) is 20.4. The van der Waals surface area contributed by atoms with Gasteiger partial charge in [0, 0.05) is 33.9 Å². The van der Waals surface area contributed by atoms with E-state index in [4.69, 9.17) is 20.9 Å². The molecule has 0 aliphatic carbocycles. The first-order valence-electron chi connectivity index (χ1n) is 11.5. The van der Waals surface area contributed by atoms with Gasteiger partial charge in [0.2, 0.25) is 0 Å². The number of fused-ring (bicyclic) bond motifs is 1. The summed E-state index contributed by atoms with van der Waals surface area (Å²) in [4.78, 5) is 31.3. The minimum atomic E-state index is -0.529. The number of nitrogens with zero attached hydrogens (tertiary/aromatic N) is 3. The third-order valence-electron chi connectivity index (χ3n) is 6.11. The van der Waals surface area contributed by atoms with Gasteiger partial charge in [0.15, 0.2) is 0 Å². The molecule has 2 aromatic carbocycles. The van der Waals surface area contributed by atoms with Crippen molar-refractivity contribution >= 4 is 34.1 Å². The lowest BCUT2D eigenvalue weighted by Gasteiger charge is -2.16. The smallest absolute Gasteiger partial charge is 0.264 e. The number of nitrogens with one attached hydrogen (secondary N) is 1. The number of halogens is 1. The highest BCUT2D eigenvalue weighted by molar-refractivity contribution is 6.30. The summed E-state index contributed by atoms with van der Waals surface area (Å²) in [6.07, 6.45) is 1.66. The summed E-state index contributed by atoms with van der Waals surface area (Å²) in [5.74, 6) is 0.658. The molecule has 3 heterocycles. The summed E-state index contributed by atoms with van der Waals surface area (Å²) in [5, 5.41) is 8.07. The minimum Gasteiger partial charge on any atom is -0.496 e. The molecule has 0 saturated carbocycles. The second-order valence-corrected chi connectivity index (χ2v) is 8.98. The van der Waals surface area contributed by atoms with Crippen molar-refractivity contribution in [2.45, 2.75) is 20.4 Å². The van der Waals surface area contributed by atoms with Crippen molar-refractivity contribution in [3.05, 3.63) is 105 Å². The molecule has 0 fully saturated rings. The van der Waals surface area contributed by atoms with Crippen LogP contribution in [0.5, 0.6) is 5.75 Å². The number of carbonyl (C=O) groups excluding carboxylic acids is 1. The van der Waals surface area contributed by atoms with Gasteiger partial charge in [-0.05, 0) is 62.4 Å². The highest BCUT2D eigenvalue weighted by Gasteiger charge is 2.21. The Kier molecular flexibility index (Phi) is 6.50. The van der Waals surface area contributed by atoms with Crippen LogP contribution in [0.2, 0.25) is 5.02 Å². The quantitative estimate of drug-likeness (QED) is 0.315. The van der Waals surface area contributed by atoms with E-state index in [-0.39, 0.29) is 12.1 Å². The Morgan fingerprint density at radius 1 is 1.11 bits per heavy atom. The number of aromatic nitrogens is 3. The van der Waals surface area contributed by atoms with Gasteiger partial charge in [-0.2, -0.15) is 0 Å². The van der Waals surface area contributed by atoms with Crippen LogP contribution in [0.3, 0.4) is 0 Å². The van der Waals surface area contributed by atoms with Crippen LogP contribution < -0.4 is 15.6 Å². The largest absolute Gasteiger partial charge is 0.496 e. The molecule has 0 aliphatic rings. The summed E-state index contributed by atoms with van der Waals surface area (Å²) in [7, 11) is 1.57. The molecule has 0 bridgehead atoms. The highest BCUT2D eigenvalue weighted by Crippen LogP contribution is 2.37. The van der Waals surface area contributed by atoms with E-state index >= 15 is 0 Å². The van der Waals surface area contributed by atoms with Crippen molar-refractivity contribution in [3.8, 4) is 16.9 Å². The van der Waals surface area contributed by atoms with Gasteiger partial charge in [0.1, 0.15) is 17.1 Å². The minimum absolute atomic E-state index is 0.00624. The van der Waals surface area contributed by atoms with Gasteiger partial charge >= 0.3 is 0 Å². The number of amides is 1. The van der Waals surface area contributed by atoms with Crippen LogP contribution in [0.25, 0.3) is 22.0 Å². The average Bonchev–Trinajstić information content (AvgIpc) is 3.24. The standard InChI is InChI=1S/C28H23ClN4O4/c1-16-26(17(2)37-32-16)22-12-18-13-23(27(34)31-20-9-7-19(29)8-10-20)28(35)33(24(18)14-25(22)36-3)15-21-6-4-5-11-30-21/h4-14H,15H2,1-3H3,(H,31,34). The van der Waals surface area contributed by atoms with Gasteiger partial charge in [-0.25, -0.2) is 0 Å². The molecule has 0 aliphatic heterocycles. The Bertz CT molecular complexity index is 1660. The molecule has 1 N–H and O–H groups in total. The third kappa shape index (κ3) is 4.71. The van der Waals surface area contributed by atoms with Crippen molar-refractivity contribution in [1.82, 2.24) is 14.7 Å². The first-order valence-corrected chi connectivity index (χ1v) is 11.9. The molecule has 1 amide bonds. The number of methoxy groups -OCH3 is 1. The Morgan fingerprint density at radius 3 is 2.54 bits per heavy atom. The molecular weight excluding hydrogens is 492 g/mol. The lowest BCUT2D eigenvalue weighted by molar-refractivity contribution is 0.102. The first-order chi connectivity index (χ1) is 17.9. The van der Waals surface area contributed by atoms with Crippen LogP contribution in [0.4, 0.5) is 5.69 Å². The highest BCUT2D eigenvalue weighted by atomic mass is 35.5. The normalized spacial score (nSPS) is 11.0. The van der Waals surface area contributed by atoms with Gasteiger partial charge in [-0.1, -0.05) is 22.8 Å². The molecule has 8 nitrogen and oxygen atoms in total. The zero-order chi connectivity index (χ0) is 26.1. The molecule has 186 valence electrons. The number of anilines is 1. The van der Waals surface area contributed by atoms with E-state index in [0.717, 1.165) is 11.1 Å². The molecule has 0 spiro atoms. The fraction of sp³-hybridized carbons (Fsp3) is 0.143. The van der Waals surface area contributed by atoms with Crippen LogP contribution in [0.1, 0.15) is 27.5 Å². The lowest BCUT2D eigenvalue weighted by atomic mass is 9.99. The van der Waals surface area contributed by atoms with Crippen molar-refractivity contribution in [1.29, 1.82) is 0 Å². The zero-order valence-corrected chi connectivity index (χ0v) is 21.2. The molecule has 0 unspecified atom stereocenters. The summed E-state index contributed by atoms with van der Waals surface area (Å²) < 4.78 is 12.6. The van der Waals surface area contributed by atoms with Gasteiger partial charge in [0.05, 0.1) is 36.1 Å². The third-order valence-corrected chi connectivity index (χ3v) is 6.36. The van der Waals surface area contributed by atoms with Crippen molar-refractivity contribution in [3.63, 3.8) is 0 Å². The van der Waals surface area contributed by atoms with E-state index in [9.17, 15) is 9.59 Å². The second-order valence-electron chi connectivity index (χ2n) is 8.54. The maximum Gasteiger partial charge on any atom is 0.264 e. The molecular formula is C28H23ClN4O4. The summed E-state index contributed by atoms with van der Waals surface area (Å²) >= 11 is 5.96. The maximum absolute atomic E-state index is 13.7. The van der Waals surface area contributed by atoms with E-state index in [1.807, 2.05) is 32.0 Å². The van der Waals surface area contributed by atoms with E-state index in [1.165, 1.54) is 4.57 Å². The van der Waals surface area contributed by atoms with E-state index in [2.05, 4.69) is 15.5 Å². The van der Waals surface area contributed by atoms with E-state index < -0.39 is 11.5 Å². The summed E-state index contributed by atoms with van der Waals surface area (Å²) in [6, 6.07) is 17.4. The number of pyridine rings is 2. The van der Waals surface area contributed by atoms with E-state index in [0.29, 0.717) is 44.5 Å². The van der Waals surface area contributed by atoms with Crippen molar-refractivity contribution in [2.24, 2.45) is 0 Å². The fourth-order valence-corrected chi connectivity index (χ4v) is 4.47. The lowest BCUT2D eigenvalue weighted by Crippen LogP contribution is -2.30.